The van der Waals surface area contributed by atoms with E-state index in [0.29, 0.717) is 5.75 Å². The SMILES string of the molecule is CC(N)c1ccc(Oc2ccc(C#N)cc2[N+](=O)[O-])cc1. The average Bonchev–Trinajstić information content (AvgIpc) is 2.48. The van der Waals surface area contributed by atoms with Crippen molar-refractivity contribution in [2.24, 2.45) is 5.73 Å². The van der Waals surface area contributed by atoms with Crippen molar-refractivity contribution in [3.05, 3.63) is 63.7 Å². The van der Waals surface area contributed by atoms with E-state index < -0.39 is 4.92 Å². The van der Waals surface area contributed by atoms with Crippen LogP contribution in [-0.4, -0.2) is 4.92 Å². The van der Waals surface area contributed by atoms with Crippen LogP contribution in [0, 0.1) is 21.4 Å². The smallest absolute Gasteiger partial charge is 0.312 e. The lowest BCUT2D eigenvalue weighted by molar-refractivity contribution is -0.385. The number of nitro benzene ring substituents is 1. The highest BCUT2D eigenvalue weighted by Gasteiger charge is 2.16. The Morgan fingerprint density at radius 3 is 2.48 bits per heavy atom. The molecule has 0 spiro atoms. The Kier molecular flexibility index (Phi) is 4.16. The summed E-state index contributed by atoms with van der Waals surface area (Å²) < 4.78 is 5.51. The second kappa shape index (κ2) is 6.03. The number of nitro groups is 1. The minimum absolute atomic E-state index is 0.0903. The van der Waals surface area contributed by atoms with Crippen LogP contribution in [0.4, 0.5) is 5.69 Å². The first-order chi connectivity index (χ1) is 10.0. The molecular weight excluding hydrogens is 270 g/mol. The molecule has 6 heteroatoms. The molecule has 0 heterocycles. The standard InChI is InChI=1S/C15H13N3O3/c1-10(17)12-3-5-13(6-4-12)21-15-7-2-11(9-16)8-14(15)18(19)20/h2-8,10H,17H2,1H3. The molecule has 0 fully saturated rings. The summed E-state index contributed by atoms with van der Waals surface area (Å²) in [6, 6.07) is 12.8. The first kappa shape index (κ1) is 14.5. The Morgan fingerprint density at radius 2 is 1.95 bits per heavy atom. The van der Waals surface area contributed by atoms with Gasteiger partial charge >= 0.3 is 5.69 Å². The fraction of sp³-hybridized carbons (Fsp3) is 0.133. The number of benzene rings is 2. The molecule has 0 aliphatic rings. The van der Waals surface area contributed by atoms with E-state index in [1.54, 1.807) is 24.3 Å². The number of nitrogens with two attached hydrogens (primary N) is 1. The fourth-order valence-corrected chi connectivity index (χ4v) is 1.78. The zero-order chi connectivity index (χ0) is 15.4. The number of nitriles is 1. The van der Waals surface area contributed by atoms with Crippen LogP contribution in [0.1, 0.15) is 24.1 Å². The summed E-state index contributed by atoms with van der Waals surface area (Å²) in [5.41, 5.74) is 6.66. The Bertz CT molecular complexity index is 703. The summed E-state index contributed by atoms with van der Waals surface area (Å²) in [6.45, 7) is 1.86. The summed E-state index contributed by atoms with van der Waals surface area (Å²) >= 11 is 0. The van der Waals surface area contributed by atoms with Gasteiger partial charge in [0.05, 0.1) is 16.6 Å². The van der Waals surface area contributed by atoms with Crippen LogP contribution in [0.3, 0.4) is 0 Å². The molecule has 2 N–H and O–H groups in total. The fourth-order valence-electron chi connectivity index (χ4n) is 1.78. The van der Waals surface area contributed by atoms with Crippen molar-refractivity contribution in [3.63, 3.8) is 0 Å². The third kappa shape index (κ3) is 3.35. The van der Waals surface area contributed by atoms with E-state index in [-0.39, 0.29) is 23.0 Å². The molecule has 21 heavy (non-hydrogen) atoms. The van der Waals surface area contributed by atoms with Gasteiger partial charge in [0, 0.05) is 12.1 Å². The molecule has 1 atom stereocenters. The molecule has 0 aromatic heterocycles. The van der Waals surface area contributed by atoms with Crippen molar-refractivity contribution < 1.29 is 9.66 Å². The van der Waals surface area contributed by atoms with Gasteiger partial charge in [-0.3, -0.25) is 10.1 Å². The van der Waals surface area contributed by atoms with Crippen LogP contribution < -0.4 is 10.5 Å². The van der Waals surface area contributed by atoms with E-state index >= 15 is 0 Å². The second-order valence-electron chi connectivity index (χ2n) is 4.51. The minimum Gasteiger partial charge on any atom is -0.450 e. The Morgan fingerprint density at radius 1 is 1.29 bits per heavy atom. The third-order valence-electron chi connectivity index (χ3n) is 2.92. The highest BCUT2D eigenvalue weighted by atomic mass is 16.6. The second-order valence-corrected chi connectivity index (χ2v) is 4.51. The number of ether oxygens (including phenoxy) is 1. The molecule has 1 unspecified atom stereocenters. The summed E-state index contributed by atoms with van der Waals surface area (Å²) in [4.78, 5) is 10.4. The minimum atomic E-state index is -0.577. The number of nitrogens with zero attached hydrogens (tertiary/aromatic N) is 2. The van der Waals surface area contributed by atoms with Crippen LogP contribution in [0.5, 0.6) is 11.5 Å². The Hall–Kier alpha value is -2.91. The van der Waals surface area contributed by atoms with Crippen molar-refractivity contribution in [1.82, 2.24) is 0 Å². The van der Waals surface area contributed by atoms with E-state index in [0.717, 1.165) is 5.56 Å². The van der Waals surface area contributed by atoms with E-state index in [1.807, 2.05) is 13.0 Å². The molecule has 0 aliphatic carbocycles. The maximum Gasteiger partial charge on any atom is 0.312 e. The van der Waals surface area contributed by atoms with Gasteiger partial charge in [0.1, 0.15) is 5.75 Å². The first-order valence-electron chi connectivity index (χ1n) is 6.23. The normalized spacial score (nSPS) is 11.5. The monoisotopic (exact) mass is 283 g/mol. The molecule has 0 saturated heterocycles. The van der Waals surface area contributed by atoms with E-state index in [2.05, 4.69) is 0 Å². The van der Waals surface area contributed by atoms with Crippen molar-refractivity contribution in [3.8, 4) is 17.6 Å². The Balaban J connectivity index is 2.31. The molecule has 106 valence electrons. The zero-order valence-electron chi connectivity index (χ0n) is 11.3. The third-order valence-corrected chi connectivity index (χ3v) is 2.92. The van der Waals surface area contributed by atoms with Crippen molar-refractivity contribution in [1.29, 1.82) is 5.26 Å². The summed E-state index contributed by atoms with van der Waals surface area (Å²) in [7, 11) is 0. The molecular formula is C15H13N3O3. The van der Waals surface area contributed by atoms with Gasteiger partial charge in [0.25, 0.3) is 0 Å². The highest BCUT2D eigenvalue weighted by molar-refractivity contribution is 5.53. The first-order valence-corrected chi connectivity index (χ1v) is 6.23. The molecule has 0 bridgehead atoms. The van der Waals surface area contributed by atoms with Crippen molar-refractivity contribution in [2.75, 3.05) is 0 Å². The number of hydrogen-bond acceptors (Lipinski definition) is 5. The summed E-state index contributed by atoms with van der Waals surface area (Å²) in [5, 5.41) is 19.8. The molecule has 0 aliphatic heterocycles. The molecule has 0 amide bonds. The number of hydrogen-bond donors (Lipinski definition) is 1. The van der Waals surface area contributed by atoms with Gasteiger partial charge in [-0.1, -0.05) is 12.1 Å². The van der Waals surface area contributed by atoms with Crippen LogP contribution in [-0.2, 0) is 0 Å². The molecule has 2 aromatic carbocycles. The van der Waals surface area contributed by atoms with E-state index in [4.69, 9.17) is 15.7 Å². The topological polar surface area (TPSA) is 102 Å². The van der Waals surface area contributed by atoms with Crippen LogP contribution in [0.2, 0.25) is 0 Å². The van der Waals surface area contributed by atoms with Gasteiger partial charge in [0.15, 0.2) is 0 Å². The van der Waals surface area contributed by atoms with Crippen LogP contribution >= 0.6 is 0 Å². The highest BCUT2D eigenvalue weighted by Crippen LogP contribution is 2.32. The van der Waals surface area contributed by atoms with Gasteiger partial charge in [0.2, 0.25) is 5.75 Å². The van der Waals surface area contributed by atoms with Gasteiger partial charge in [-0.25, -0.2) is 0 Å². The predicted molar refractivity (Wildman–Crippen MR) is 76.9 cm³/mol. The van der Waals surface area contributed by atoms with Gasteiger partial charge in [-0.15, -0.1) is 0 Å². The Labute approximate surface area is 121 Å². The quantitative estimate of drug-likeness (QED) is 0.685. The lowest BCUT2D eigenvalue weighted by Gasteiger charge is -2.09. The van der Waals surface area contributed by atoms with Crippen molar-refractivity contribution in [2.45, 2.75) is 13.0 Å². The van der Waals surface area contributed by atoms with Gasteiger partial charge < -0.3 is 10.5 Å². The average molecular weight is 283 g/mol. The van der Waals surface area contributed by atoms with Crippen LogP contribution in [0.25, 0.3) is 0 Å². The molecule has 2 rings (SSSR count). The largest absolute Gasteiger partial charge is 0.450 e. The lowest BCUT2D eigenvalue weighted by Crippen LogP contribution is -2.04. The summed E-state index contributed by atoms with van der Waals surface area (Å²) in [5.74, 6) is 0.555. The van der Waals surface area contributed by atoms with Crippen LogP contribution in [0.15, 0.2) is 42.5 Å². The molecule has 0 saturated carbocycles. The lowest BCUT2D eigenvalue weighted by atomic mass is 10.1. The molecule has 2 aromatic rings. The maximum absolute atomic E-state index is 11.0. The molecule has 6 nitrogen and oxygen atoms in total. The van der Waals surface area contributed by atoms with Gasteiger partial charge in [-0.2, -0.15) is 5.26 Å². The summed E-state index contributed by atoms with van der Waals surface area (Å²) in [6.07, 6.45) is 0. The van der Waals surface area contributed by atoms with E-state index in [9.17, 15) is 10.1 Å². The maximum atomic E-state index is 11.0. The van der Waals surface area contributed by atoms with Crippen molar-refractivity contribution >= 4 is 5.69 Å². The molecule has 0 radical (unpaired) electrons. The van der Waals surface area contributed by atoms with E-state index in [1.165, 1.54) is 18.2 Å². The predicted octanol–water partition coefficient (Wildman–Crippen LogP) is 3.28. The van der Waals surface area contributed by atoms with Gasteiger partial charge in [-0.05, 0) is 36.8 Å². The number of rotatable bonds is 4. The zero-order valence-corrected chi connectivity index (χ0v) is 11.3.